The minimum Gasteiger partial charge on any atom is -0.362 e. The largest absolute Gasteiger partial charge is 0.362 e. The summed E-state index contributed by atoms with van der Waals surface area (Å²) in [5, 5.41) is 12.3. The molecule has 0 atom stereocenters. The fourth-order valence-electron chi connectivity index (χ4n) is 3.08. The Morgan fingerprint density at radius 2 is 1.79 bits per heavy atom. The molecule has 0 N–H and O–H groups in total. The van der Waals surface area contributed by atoms with Gasteiger partial charge in [0, 0.05) is 48.0 Å². The van der Waals surface area contributed by atoms with Crippen LogP contribution in [0.4, 0.5) is 11.4 Å². The van der Waals surface area contributed by atoms with E-state index < -0.39 is 4.92 Å². The van der Waals surface area contributed by atoms with Gasteiger partial charge in [0.2, 0.25) is 5.91 Å². The maximum Gasteiger partial charge on any atom is 0.294 e. The number of benzene rings is 2. The average Bonchev–Trinajstić information content (AvgIpc) is 2.68. The van der Waals surface area contributed by atoms with Crippen LogP contribution in [-0.2, 0) is 10.5 Å². The van der Waals surface area contributed by atoms with Crippen LogP contribution < -0.4 is 4.90 Å². The smallest absolute Gasteiger partial charge is 0.294 e. The molecule has 0 unspecified atom stereocenters. The van der Waals surface area contributed by atoms with E-state index in [4.69, 9.17) is 23.2 Å². The van der Waals surface area contributed by atoms with Gasteiger partial charge in [0.1, 0.15) is 5.69 Å². The van der Waals surface area contributed by atoms with Gasteiger partial charge in [-0.2, -0.15) is 0 Å². The number of nitro groups is 1. The van der Waals surface area contributed by atoms with Crippen LogP contribution in [0.2, 0.25) is 10.0 Å². The van der Waals surface area contributed by atoms with Crippen LogP contribution in [0.25, 0.3) is 0 Å². The van der Waals surface area contributed by atoms with Crippen LogP contribution in [0.5, 0.6) is 0 Å². The Hall–Kier alpha value is -1.96. The second-order valence-electron chi connectivity index (χ2n) is 6.38. The molecule has 1 aliphatic rings. The highest BCUT2D eigenvalue weighted by molar-refractivity contribution is 7.99. The van der Waals surface area contributed by atoms with E-state index in [1.165, 1.54) is 6.07 Å². The molecule has 0 saturated carbocycles. The normalized spacial score (nSPS) is 14.2. The van der Waals surface area contributed by atoms with Crippen molar-refractivity contribution in [2.75, 3.05) is 36.8 Å². The van der Waals surface area contributed by atoms with Gasteiger partial charge in [0.05, 0.1) is 10.7 Å². The average molecular weight is 440 g/mol. The molecule has 3 rings (SSSR count). The Labute approximate surface area is 177 Å². The molecule has 0 bridgehead atoms. The van der Waals surface area contributed by atoms with Gasteiger partial charge in [-0.05, 0) is 29.8 Å². The lowest BCUT2D eigenvalue weighted by molar-refractivity contribution is -0.384. The molecule has 1 fully saturated rings. The molecule has 1 aliphatic heterocycles. The van der Waals surface area contributed by atoms with E-state index >= 15 is 0 Å². The first kappa shape index (κ1) is 20.8. The number of nitrogens with zero attached hydrogens (tertiary/aromatic N) is 3. The number of amides is 1. The minimum absolute atomic E-state index is 0.00986. The molecule has 0 spiro atoms. The van der Waals surface area contributed by atoms with Crippen molar-refractivity contribution in [3.63, 3.8) is 0 Å². The van der Waals surface area contributed by atoms with Gasteiger partial charge in [-0.25, -0.2) is 0 Å². The van der Waals surface area contributed by atoms with Crippen LogP contribution in [-0.4, -0.2) is 47.7 Å². The predicted molar refractivity (Wildman–Crippen MR) is 115 cm³/mol. The highest BCUT2D eigenvalue weighted by atomic mass is 35.5. The Morgan fingerprint density at radius 3 is 2.46 bits per heavy atom. The van der Waals surface area contributed by atoms with E-state index in [9.17, 15) is 14.9 Å². The molecule has 0 aliphatic carbocycles. The zero-order valence-corrected chi connectivity index (χ0v) is 17.3. The molecule has 1 amide bonds. The Balaban J connectivity index is 1.51. The van der Waals surface area contributed by atoms with Crippen LogP contribution in [0, 0.1) is 10.1 Å². The van der Waals surface area contributed by atoms with Crippen molar-refractivity contribution in [2.45, 2.75) is 5.75 Å². The van der Waals surface area contributed by atoms with Crippen LogP contribution in [0.3, 0.4) is 0 Å². The molecule has 6 nitrogen and oxygen atoms in total. The fourth-order valence-corrected chi connectivity index (χ4v) is 4.33. The van der Waals surface area contributed by atoms with Crippen LogP contribution in [0.1, 0.15) is 5.56 Å². The number of carbonyl (C=O) groups is 1. The van der Waals surface area contributed by atoms with Crippen molar-refractivity contribution < 1.29 is 9.72 Å². The van der Waals surface area contributed by atoms with Crippen molar-refractivity contribution in [1.29, 1.82) is 0 Å². The summed E-state index contributed by atoms with van der Waals surface area (Å²) in [5.41, 5.74) is 1.62. The number of carbonyl (C=O) groups excluding carboxylic acids is 1. The summed E-state index contributed by atoms with van der Waals surface area (Å²) in [6, 6.07) is 12.3. The van der Waals surface area contributed by atoms with E-state index in [0.29, 0.717) is 47.7 Å². The summed E-state index contributed by atoms with van der Waals surface area (Å²) in [4.78, 5) is 27.1. The number of hydrogen-bond acceptors (Lipinski definition) is 5. The first-order chi connectivity index (χ1) is 13.4. The van der Waals surface area contributed by atoms with Gasteiger partial charge >= 0.3 is 0 Å². The third kappa shape index (κ3) is 5.31. The second kappa shape index (κ2) is 9.49. The fraction of sp³-hybridized carbons (Fsp3) is 0.316. The molecule has 28 heavy (non-hydrogen) atoms. The maximum atomic E-state index is 12.5. The Morgan fingerprint density at radius 1 is 1.07 bits per heavy atom. The van der Waals surface area contributed by atoms with Gasteiger partial charge in [-0.3, -0.25) is 14.9 Å². The highest BCUT2D eigenvalue weighted by Crippen LogP contribution is 2.31. The van der Waals surface area contributed by atoms with Crippen molar-refractivity contribution >= 4 is 52.2 Å². The second-order valence-corrected chi connectivity index (χ2v) is 8.24. The summed E-state index contributed by atoms with van der Waals surface area (Å²) in [6.07, 6.45) is 0. The lowest BCUT2D eigenvalue weighted by atomic mass is 10.2. The zero-order valence-electron chi connectivity index (χ0n) is 15.0. The van der Waals surface area contributed by atoms with Gasteiger partial charge in [0.15, 0.2) is 0 Å². The number of halogens is 2. The number of piperazine rings is 1. The maximum absolute atomic E-state index is 12.5. The van der Waals surface area contributed by atoms with Crippen molar-refractivity contribution in [1.82, 2.24) is 4.90 Å². The topological polar surface area (TPSA) is 66.7 Å². The van der Waals surface area contributed by atoms with E-state index in [1.54, 1.807) is 23.9 Å². The summed E-state index contributed by atoms with van der Waals surface area (Å²) in [6.45, 7) is 2.17. The first-order valence-electron chi connectivity index (χ1n) is 8.73. The highest BCUT2D eigenvalue weighted by Gasteiger charge is 2.25. The van der Waals surface area contributed by atoms with Crippen LogP contribution >= 0.6 is 35.0 Å². The molecular weight excluding hydrogens is 421 g/mol. The lowest BCUT2D eigenvalue weighted by Gasteiger charge is -2.35. The quantitative estimate of drug-likeness (QED) is 0.490. The molecule has 2 aromatic carbocycles. The van der Waals surface area contributed by atoms with Gasteiger partial charge in [-0.1, -0.05) is 35.3 Å². The van der Waals surface area contributed by atoms with Gasteiger partial charge in [0.25, 0.3) is 5.69 Å². The van der Waals surface area contributed by atoms with Crippen molar-refractivity contribution in [3.05, 3.63) is 68.2 Å². The van der Waals surface area contributed by atoms with Crippen molar-refractivity contribution in [2.24, 2.45) is 0 Å². The number of hydrogen-bond donors (Lipinski definition) is 0. The van der Waals surface area contributed by atoms with Crippen LogP contribution in [0.15, 0.2) is 42.5 Å². The SMILES string of the molecule is O=C(CSCc1cccc(Cl)c1)N1CCN(c2ccc(Cl)cc2[N+](=O)[O-])CC1. The summed E-state index contributed by atoms with van der Waals surface area (Å²) in [5.74, 6) is 1.20. The standard InChI is InChI=1S/C19H19Cl2N3O3S/c20-15-3-1-2-14(10-15)12-28-13-19(25)23-8-6-22(7-9-23)17-5-4-16(21)11-18(17)24(26)27/h1-5,10-11H,6-9,12-13H2. The van der Waals surface area contributed by atoms with E-state index in [-0.39, 0.29) is 11.6 Å². The molecular formula is C19H19Cl2N3O3S. The minimum atomic E-state index is -0.425. The number of nitro benzene ring substituents is 1. The third-order valence-electron chi connectivity index (χ3n) is 4.49. The number of anilines is 1. The first-order valence-corrected chi connectivity index (χ1v) is 10.6. The molecule has 2 aromatic rings. The molecule has 148 valence electrons. The van der Waals surface area contributed by atoms with Crippen molar-refractivity contribution in [3.8, 4) is 0 Å². The van der Waals surface area contributed by atoms with Gasteiger partial charge in [-0.15, -0.1) is 11.8 Å². The molecule has 0 radical (unpaired) electrons. The predicted octanol–water partition coefficient (Wildman–Crippen LogP) is 4.48. The van der Waals surface area contributed by atoms with E-state index in [0.717, 1.165) is 11.3 Å². The summed E-state index contributed by atoms with van der Waals surface area (Å²) < 4.78 is 0. The van der Waals surface area contributed by atoms with E-state index in [2.05, 4.69) is 0 Å². The third-order valence-corrected chi connectivity index (χ3v) is 5.95. The zero-order chi connectivity index (χ0) is 20.1. The summed E-state index contributed by atoms with van der Waals surface area (Å²) in [7, 11) is 0. The van der Waals surface area contributed by atoms with E-state index in [1.807, 2.05) is 34.1 Å². The van der Waals surface area contributed by atoms with Gasteiger partial charge < -0.3 is 9.80 Å². The molecule has 1 saturated heterocycles. The summed E-state index contributed by atoms with van der Waals surface area (Å²) >= 11 is 13.4. The molecule has 9 heteroatoms. The number of rotatable bonds is 6. The number of thioether (sulfide) groups is 1. The lowest BCUT2D eigenvalue weighted by Crippen LogP contribution is -2.49. The molecule has 1 heterocycles. The monoisotopic (exact) mass is 439 g/mol. The Bertz CT molecular complexity index is 873. The molecule has 0 aromatic heterocycles. The Kier molecular flexibility index (Phi) is 7.04.